The molecule has 0 amide bonds. The third-order valence-electron chi connectivity index (χ3n) is 4.37. The summed E-state index contributed by atoms with van der Waals surface area (Å²) in [5.41, 5.74) is 2.66. The highest BCUT2D eigenvalue weighted by molar-refractivity contribution is 5.40. The molecular formula is C18H22FN3O. The van der Waals surface area contributed by atoms with Gasteiger partial charge in [-0.25, -0.2) is 14.4 Å². The van der Waals surface area contributed by atoms with E-state index in [4.69, 9.17) is 4.74 Å². The van der Waals surface area contributed by atoms with Crippen LogP contribution >= 0.6 is 0 Å². The summed E-state index contributed by atoms with van der Waals surface area (Å²) in [4.78, 5) is 10.8. The Morgan fingerprint density at radius 3 is 2.96 bits per heavy atom. The molecule has 5 heteroatoms. The highest BCUT2D eigenvalue weighted by atomic mass is 19.1. The van der Waals surface area contributed by atoms with Crippen molar-refractivity contribution < 1.29 is 9.13 Å². The van der Waals surface area contributed by atoms with Gasteiger partial charge in [0.25, 0.3) is 0 Å². The molecule has 1 aromatic heterocycles. The number of anilines is 1. The number of ether oxygens (including phenoxy) is 1. The maximum Gasteiger partial charge on any atom is 0.132 e. The summed E-state index contributed by atoms with van der Waals surface area (Å²) in [7, 11) is 1.66. The van der Waals surface area contributed by atoms with E-state index in [2.05, 4.69) is 14.9 Å². The van der Waals surface area contributed by atoms with E-state index < -0.39 is 0 Å². The van der Waals surface area contributed by atoms with Crippen LogP contribution in [-0.2, 0) is 17.8 Å². The first-order chi connectivity index (χ1) is 11.2. The Balaban J connectivity index is 1.64. The Bertz CT molecular complexity index is 677. The van der Waals surface area contributed by atoms with Gasteiger partial charge in [0.05, 0.1) is 12.3 Å². The zero-order valence-electron chi connectivity index (χ0n) is 13.6. The SMILES string of the molecule is COCc1cc(N2CCC(Cc3ccc(C)c(F)c3)C2)ncn1. The van der Waals surface area contributed by atoms with E-state index in [1.165, 1.54) is 0 Å². The van der Waals surface area contributed by atoms with Crippen molar-refractivity contribution in [1.82, 2.24) is 9.97 Å². The van der Waals surface area contributed by atoms with Crippen LogP contribution in [0.4, 0.5) is 10.2 Å². The highest BCUT2D eigenvalue weighted by Gasteiger charge is 2.24. The lowest BCUT2D eigenvalue weighted by Gasteiger charge is -2.18. The number of rotatable bonds is 5. The van der Waals surface area contributed by atoms with Crippen LogP contribution in [0.25, 0.3) is 0 Å². The molecule has 0 saturated carbocycles. The van der Waals surface area contributed by atoms with Crippen molar-refractivity contribution in [2.75, 3.05) is 25.1 Å². The molecule has 23 heavy (non-hydrogen) atoms. The van der Waals surface area contributed by atoms with Crippen molar-refractivity contribution >= 4 is 5.82 Å². The van der Waals surface area contributed by atoms with Crippen LogP contribution in [0.5, 0.6) is 0 Å². The second-order valence-corrected chi connectivity index (χ2v) is 6.19. The third-order valence-corrected chi connectivity index (χ3v) is 4.37. The predicted molar refractivity (Wildman–Crippen MR) is 87.9 cm³/mol. The molecule has 0 radical (unpaired) electrons. The summed E-state index contributed by atoms with van der Waals surface area (Å²) in [6, 6.07) is 7.54. The molecule has 2 heterocycles. The van der Waals surface area contributed by atoms with E-state index >= 15 is 0 Å². The molecule has 1 unspecified atom stereocenters. The topological polar surface area (TPSA) is 38.2 Å². The molecule has 1 aromatic carbocycles. The van der Waals surface area contributed by atoms with E-state index in [9.17, 15) is 4.39 Å². The average Bonchev–Trinajstić information content (AvgIpc) is 3.00. The summed E-state index contributed by atoms with van der Waals surface area (Å²) in [6.07, 6.45) is 3.59. The fourth-order valence-corrected chi connectivity index (χ4v) is 3.09. The number of halogens is 1. The fraction of sp³-hybridized carbons (Fsp3) is 0.444. The van der Waals surface area contributed by atoms with Gasteiger partial charge in [0.1, 0.15) is 18.0 Å². The van der Waals surface area contributed by atoms with Crippen LogP contribution in [0.1, 0.15) is 23.2 Å². The van der Waals surface area contributed by atoms with Gasteiger partial charge in [0, 0.05) is 26.3 Å². The Hall–Kier alpha value is -2.01. The number of methoxy groups -OCH3 is 1. The van der Waals surface area contributed by atoms with Crippen molar-refractivity contribution in [1.29, 1.82) is 0 Å². The van der Waals surface area contributed by atoms with Crippen LogP contribution < -0.4 is 4.90 Å². The molecule has 0 aliphatic carbocycles. The van der Waals surface area contributed by atoms with Crippen molar-refractivity contribution in [3.63, 3.8) is 0 Å². The first-order valence-corrected chi connectivity index (χ1v) is 7.95. The van der Waals surface area contributed by atoms with Gasteiger partial charge in [-0.1, -0.05) is 12.1 Å². The molecule has 4 nitrogen and oxygen atoms in total. The largest absolute Gasteiger partial charge is 0.378 e. The Morgan fingerprint density at radius 2 is 2.17 bits per heavy atom. The van der Waals surface area contributed by atoms with Crippen LogP contribution in [0.3, 0.4) is 0 Å². The summed E-state index contributed by atoms with van der Waals surface area (Å²) in [5.74, 6) is 1.36. The molecule has 122 valence electrons. The van der Waals surface area contributed by atoms with E-state index in [0.29, 0.717) is 18.1 Å². The summed E-state index contributed by atoms with van der Waals surface area (Å²) in [5, 5.41) is 0. The van der Waals surface area contributed by atoms with Gasteiger partial charge in [-0.05, 0) is 42.9 Å². The summed E-state index contributed by atoms with van der Waals surface area (Å²) in [6.45, 7) is 4.21. The fourth-order valence-electron chi connectivity index (χ4n) is 3.09. The molecule has 1 fully saturated rings. The lowest BCUT2D eigenvalue weighted by atomic mass is 9.98. The van der Waals surface area contributed by atoms with Crippen LogP contribution in [0.2, 0.25) is 0 Å². The molecule has 3 rings (SSSR count). The maximum atomic E-state index is 13.7. The average molecular weight is 315 g/mol. The number of aryl methyl sites for hydroxylation is 1. The highest BCUT2D eigenvalue weighted by Crippen LogP contribution is 2.25. The summed E-state index contributed by atoms with van der Waals surface area (Å²) < 4.78 is 18.8. The van der Waals surface area contributed by atoms with Crippen molar-refractivity contribution in [3.05, 3.63) is 53.2 Å². The summed E-state index contributed by atoms with van der Waals surface area (Å²) >= 11 is 0. The van der Waals surface area contributed by atoms with E-state index in [1.54, 1.807) is 26.4 Å². The van der Waals surface area contributed by atoms with Gasteiger partial charge in [-0.3, -0.25) is 0 Å². The van der Waals surface area contributed by atoms with Gasteiger partial charge in [0.15, 0.2) is 0 Å². The van der Waals surface area contributed by atoms with Crippen molar-refractivity contribution in [2.24, 2.45) is 5.92 Å². The normalized spacial score (nSPS) is 17.7. The van der Waals surface area contributed by atoms with Gasteiger partial charge in [-0.15, -0.1) is 0 Å². The quantitative estimate of drug-likeness (QED) is 0.849. The number of hydrogen-bond donors (Lipinski definition) is 0. The predicted octanol–water partition coefficient (Wildman–Crippen LogP) is 3.14. The third kappa shape index (κ3) is 3.85. The molecule has 1 aliphatic heterocycles. The van der Waals surface area contributed by atoms with Crippen molar-refractivity contribution in [3.8, 4) is 0 Å². The first-order valence-electron chi connectivity index (χ1n) is 7.95. The van der Waals surface area contributed by atoms with Crippen molar-refractivity contribution in [2.45, 2.75) is 26.4 Å². The van der Waals surface area contributed by atoms with Gasteiger partial charge in [0.2, 0.25) is 0 Å². The standard InChI is InChI=1S/C18H22FN3O/c1-13-3-4-14(8-17(13)19)7-15-5-6-22(10-15)18-9-16(11-23-2)20-12-21-18/h3-4,8-9,12,15H,5-7,10-11H2,1-2H3. The second-order valence-electron chi connectivity index (χ2n) is 6.19. The van der Waals surface area contributed by atoms with Gasteiger partial charge >= 0.3 is 0 Å². The van der Waals surface area contributed by atoms with Crippen LogP contribution in [0.15, 0.2) is 30.6 Å². The van der Waals surface area contributed by atoms with E-state index in [1.807, 2.05) is 18.2 Å². The molecule has 0 spiro atoms. The Morgan fingerprint density at radius 1 is 1.30 bits per heavy atom. The molecule has 2 aromatic rings. The number of aromatic nitrogens is 2. The molecule has 1 aliphatic rings. The van der Waals surface area contributed by atoms with Crippen LogP contribution in [-0.4, -0.2) is 30.2 Å². The Kier molecular flexibility index (Phi) is 4.86. The monoisotopic (exact) mass is 315 g/mol. The number of hydrogen-bond acceptors (Lipinski definition) is 4. The van der Waals surface area contributed by atoms with Gasteiger partial charge < -0.3 is 9.64 Å². The molecule has 0 bridgehead atoms. The molecular weight excluding hydrogens is 293 g/mol. The second kappa shape index (κ2) is 7.04. The maximum absolute atomic E-state index is 13.7. The zero-order valence-corrected chi connectivity index (χ0v) is 13.6. The van der Waals surface area contributed by atoms with E-state index in [-0.39, 0.29) is 5.82 Å². The minimum absolute atomic E-state index is 0.114. The minimum Gasteiger partial charge on any atom is -0.378 e. The number of nitrogens with zero attached hydrogens (tertiary/aromatic N) is 3. The lowest BCUT2D eigenvalue weighted by molar-refractivity contribution is 0.181. The zero-order chi connectivity index (χ0) is 16.2. The number of benzene rings is 1. The van der Waals surface area contributed by atoms with E-state index in [0.717, 1.165) is 43.0 Å². The first kappa shape index (κ1) is 15.9. The molecule has 1 saturated heterocycles. The molecule has 1 atom stereocenters. The van der Waals surface area contributed by atoms with Gasteiger partial charge in [-0.2, -0.15) is 0 Å². The van der Waals surface area contributed by atoms with Crippen LogP contribution in [0, 0.1) is 18.7 Å². The molecule has 0 N–H and O–H groups in total. The smallest absolute Gasteiger partial charge is 0.132 e. The lowest BCUT2D eigenvalue weighted by Crippen LogP contribution is -2.21. The minimum atomic E-state index is -0.114. The Labute approximate surface area is 136 Å².